The van der Waals surface area contributed by atoms with Crippen molar-refractivity contribution in [2.45, 2.75) is 17.1 Å². The monoisotopic (exact) mass is 324 g/mol. The fraction of sp³-hybridized carbons (Fsp3) is 0.154. The average Bonchev–Trinajstić information content (AvgIpc) is 2.85. The SMILES string of the molecule is CCOc1ccc2nc(Sc3nc(Cl)ncc3F)[nH]c2c1. The number of ether oxygens (including phenoxy) is 1. The molecule has 1 aromatic carbocycles. The Labute approximate surface area is 128 Å². The molecule has 0 saturated heterocycles. The van der Waals surface area contributed by atoms with Gasteiger partial charge in [0, 0.05) is 6.07 Å². The molecule has 0 spiro atoms. The van der Waals surface area contributed by atoms with E-state index in [0.29, 0.717) is 11.8 Å². The molecule has 3 aromatic rings. The molecule has 0 aliphatic heterocycles. The van der Waals surface area contributed by atoms with Crippen LogP contribution in [0.3, 0.4) is 0 Å². The predicted molar refractivity (Wildman–Crippen MR) is 78.4 cm³/mol. The fourth-order valence-corrected chi connectivity index (χ4v) is 2.72. The lowest BCUT2D eigenvalue weighted by atomic mass is 10.3. The molecular formula is C13H10ClFN4OS. The number of rotatable bonds is 4. The van der Waals surface area contributed by atoms with Gasteiger partial charge in [-0.25, -0.2) is 19.3 Å². The van der Waals surface area contributed by atoms with Crippen LogP contribution in [-0.2, 0) is 0 Å². The molecule has 0 saturated carbocycles. The maximum Gasteiger partial charge on any atom is 0.223 e. The lowest BCUT2D eigenvalue weighted by molar-refractivity contribution is 0.340. The third kappa shape index (κ3) is 3.08. The summed E-state index contributed by atoms with van der Waals surface area (Å²) in [5.41, 5.74) is 1.57. The Balaban J connectivity index is 1.92. The number of benzene rings is 1. The summed E-state index contributed by atoms with van der Waals surface area (Å²) in [4.78, 5) is 14.9. The minimum Gasteiger partial charge on any atom is -0.494 e. The smallest absolute Gasteiger partial charge is 0.223 e. The summed E-state index contributed by atoms with van der Waals surface area (Å²) in [6.07, 6.45) is 1.04. The van der Waals surface area contributed by atoms with Crippen molar-refractivity contribution in [3.05, 3.63) is 35.5 Å². The lowest BCUT2D eigenvalue weighted by Crippen LogP contribution is -1.90. The molecule has 5 nitrogen and oxygen atoms in total. The standard InChI is InChI=1S/C13H10ClFN4OS/c1-2-20-7-3-4-9-10(5-7)18-13(17-9)21-11-8(15)6-16-12(14)19-11/h3-6H,2H2,1H3,(H,17,18). The van der Waals surface area contributed by atoms with Gasteiger partial charge < -0.3 is 9.72 Å². The number of halogens is 2. The number of hydrogen-bond donors (Lipinski definition) is 1. The summed E-state index contributed by atoms with van der Waals surface area (Å²) in [7, 11) is 0. The predicted octanol–water partition coefficient (Wildman–Crippen LogP) is 3.70. The summed E-state index contributed by atoms with van der Waals surface area (Å²) < 4.78 is 19.0. The number of nitrogens with one attached hydrogen (secondary N) is 1. The van der Waals surface area contributed by atoms with Crippen molar-refractivity contribution in [3.8, 4) is 5.75 Å². The Morgan fingerprint density at radius 2 is 2.24 bits per heavy atom. The Morgan fingerprint density at radius 3 is 3.05 bits per heavy atom. The molecular weight excluding hydrogens is 315 g/mol. The van der Waals surface area contributed by atoms with E-state index in [9.17, 15) is 4.39 Å². The van der Waals surface area contributed by atoms with Gasteiger partial charge in [0.1, 0.15) is 10.8 Å². The lowest BCUT2D eigenvalue weighted by Gasteiger charge is -2.00. The van der Waals surface area contributed by atoms with Gasteiger partial charge in [-0.1, -0.05) is 0 Å². The molecule has 8 heteroatoms. The van der Waals surface area contributed by atoms with E-state index in [2.05, 4.69) is 19.9 Å². The molecule has 0 radical (unpaired) electrons. The van der Waals surface area contributed by atoms with E-state index in [4.69, 9.17) is 16.3 Å². The van der Waals surface area contributed by atoms with E-state index in [-0.39, 0.29) is 10.3 Å². The van der Waals surface area contributed by atoms with Gasteiger partial charge in [0.2, 0.25) is 5.28 Å². The van der Waals surface area contributed by atoms with Crippen LogP contribution in [0.2, 0.25) is 5.28 Å². The van der Waals surface area contributed by atoms with Gasteiger partial charge in [0.15, 0.2) is 11.0 Å². The summed E-state index contributed by atoms with van der Waals surface area (Å²) in [6, 6.07) is 5.52. The van der Waals surface area contributed by atoms with Crippen molar-refractivity contribution < 1.29 is 9.13 Å². The van der Waals surface area contributed by atoms with E-state index in [1.807, 2.05) is 25.1 Å². The second-order valence-corrected chi connectivity index (χ2v) is 5.36. The largest absolute Gasteiger partial charge is 0.494 e. The zero-order valence-corrected chi connectivity index (χ0v) is 12.5. The van der Waals surface area contributed by atoms with Gasteiger partial charge >= 0.3 is 0 Å². The highest BCUT2D eigenvalue weighted by atomic mass is 35.5. The Hall–Kier alpha value is -1.86. The van der Waals surface area contributed by atoms with Crippen LogP contribution in [0.1, 0.15) is 6.92 Å². The van der Waals surface area contributed by atoms with Crippen LogP contribution in [0.25, 0.3) is 11.0 Å². The molecule has 3 rings (SSSR count). The van der Waals surface area contributed by atoms with Crippen LogP contribution < -0.4 is 4.74 Å². The molecule has 0 fully saturated rings. The first-order valence-corrected chi connectivity index (χ1v) is 7.33. The first-order valence-electron chi connectivity index (χ1n) is 6.14. The van der Waals surface area contributed by atoms with Gasteiger partial charge in [-0.15, -0.1) is 0 Å². The molecule has 0 aliphatic rings. The number of nitrogens with zero attached hydrogens (tertiary/aromatic N) is 3. The quantitative estimate of drug-likeness (QED) is 0.585. The maximum absolute atomic E-state index is 13.6. The Morgan fingerprint density at radius 1 is 1.38 bits per heavy atom. The maximum atomic E-state index is 13.6. The number of aromatic amines is 1. The molecule has 21 heavy (non-hydrogen) atoms. The molecule has 108 valence electrons. The highest BCUT2D eigenvalue weighted by Crippen LogP contribution is 2.29. The topological polar surface area (TPSA) is 63.7 Å². The third-order valence-electron chi connectivity index (χ3n) is 2.62. The first kappa shape index (κ1) is 14.1. The molecule has 0 bridgehead atoms. The fourth-order valence-electron chi connectivity index (χ4n) is 1.76. The highest BCUT2D eigenvalue weighted by Gasteiger charge is 2.11. The van der Waals surface area contributed by atoms with E-state index in [0.717, 1.165) is 34.7 Å². The molecule has 1 N–H and O–H groups in total. The van der Waals surface area contributed by atoms with Gasteiger partial charge in [0.05, 0.1) is 23.8 Å². The molecule has 0 amide bonds. The van der Waals surface area contributed by atoms with E-state index >= 15 is 0 Å². The van der Waals surface area contributed by atoms with Crippen LogP contribution in [0, 0.1) is 5.82 Å². The van der Waals surface area contributed by atoms with E-state index < -0.39 is 5.82 Å². The number of hydrogen-bond acceptors (Lipinski definition) is 5. The minimum absolute atomic E-state index is 0.00589. The van der Waals surface area contributed by atoms with Crippen LogP contribution in [0.4, 0.5) is 4.39 Å². The van der Waals surface area contributed by atoms with Crippen molar-refractivity contribution >= 4 is 34.4 Å². The van der Waals surface area contributed by atoms with E-state index in [1.54, 1.807) is 0 Å². The second kappa shape index (κ2) is 5.87. The minimum atomic E-state index is -0.542. The number of aromatic nitrogens is 4. The number of H-pyrrole nitrogens is 1. The van der Waals surface area contributed by atoms with Gasteiger partial charge in [-0.05, 0) is 42.4 Å². The number of fused-ring (bicyclic) bond motifs is 1. The van der Waals surface area contributed by atoms with Crippen LogP contribution >= 0.6 is 23.4 Å². The summed E-state index contributed by atoms with van der Waals surface area (Å²) in [5.74, 6) is 0.210. The normalized spacial score (nSPS) is 11.0. The van der Waals surface area contributed by atoms with Crippen LogP contribution in [0.15, 0.2) is 34.6 Å². The zero-order chi connectivity index (χ0) is 14.8. The Bertz CT molecular complexity index is 795. The molecule has 0 unspecified atom stereocenters. The zero-order valence-electron chi connectivity index (χ0n) is 10.9. The highest BCUT2D eigenvalue weighted by molar-refractivity contribution is 7.99. The van der Waals surface area contributed by atoms with Crippen LogP contribution in [0.5, 0.6) is 5.75 Å². The van der Waals surface area contributed by atoms with Crippen molar-refractivity contribution in [1.29, 1.82) is 0 Å². The molecule has 2 aromatic heterocycles. The molecule has 2 heterocycles. The summed E-state index contributed by atoms with van der Waals surface area (Å²) in [6.45, 7) is 2.51. The molecule has 0 atom stereocenters. The van der Waals surface area contributed by atoms with Gasteiger partial charge in [-0.2, -0.15) is 0 Å². The van der Waals surface area contributed by atoms with Crippen molar-refractivity contribution in [2.24, 2.45) is 0 Å². The van der Waals surface area contributed by atoms with Gasteiger partial charge in [0.25, 0.3) is 0 Å². The average molecular weight is 325 g/mol. The van der Waals surface area contributed by atoms with Crippen molar-refractivity contribution in [2.75, 3.05) is 6.61 Å². The summed E-state index contributed by atoms with van der Waals surface area (Å²) in [5, 5.41) is 0.639. The van der Waals surface area contributed by atoms with Gasteiger partial charge in [-0.3, -0.25) is 0 Å². The first-order chi connectivity index (χ1) is 10.2. The Kier molecular flexibility index (Phi) is 3.94. The van der Waals surface area contributed by atoms with Crippen molar-refractivity contribution in [1.82, 2.24) is 19.9 Å². The summed E-state index contributed by atoms with van der Waals surface area (Å²) >= 11 is 6.72. The van der Waals surface area contributed by atoms with Crippen LogP contribution in [-0.4, -0.2) is 26.5 Å². The van der Waals surface area contributed by atoms with Crippen molar-refractivity contribution in [3.63, 3.8) is 0 Å². The van der Waals surface area contributed by atoms with E-state index in [1.165, 1.54) is 0 Å². The second-order valence-electron chi connectivity index (χ2n) is 4.05. The third-order valence-corrected chi connectivity index (χ3v) is 3.67. The molecule has 0 aliphatic carbocycles. The number of imidazole rings is 1.